The minimum absolute atomic E-state index is 0.104. The third-order valence-electron chi connectivity index (χ3n) is 3.44. The van der Waals surface area contributed by atoms with Gasteiger partial charge in [0.1, 0.15) is 5.75 Å². The molecule has 0 aliphatic carbocycles. The third-order valence-corrected chi connectivity index (χ3v) is 3.44. The smallest absolute Gasteiger partial charge is 0.257 e. The molecule has 1 aliphatic heterocycles. The van der Waals surface area contributed by atoms with E-state index < -0.39 is 0 Å². The van der Waals surface area contributed by atoms with E-state index in [2.05, 4.69) is 0 Å². The van der Waals surface area contributed by atoms with E-state index in [1.807, 2.05) is 0 Å². The highest BCUT2D eigenvalue weighted by atomic mass is 16.5. The van der Waals surface area contributed by atoms with Gasteiger partial charge in [0.2, 0.25) is 0 Å². The van der Waals surface area contributed by atoms with Crippen LogP contribution in [0.25, 0.3) is 0 Å². The van der Waals surface area contributed by atoms with Gasteiger partial charge in [-0.25, -0.2) is 0 Å². The van der Waals surface area contributed by atoms with Gasteiger partial charge in [-0.15, -0.1) is 0 Å². The molecule has 1 saturated heterocycles. The van der Waals surface area contributed by atoms with Crippen molar-refractivity contribution in [2.45, 2.75) is 0 Å². The normalized spacial score (nSPS) is 14.7. The highest BCUT2D eigenvalue weighted by molar-refractivity contribution is 5.98. The molecule has 0 spiro atoms. The van der Waals surface area contributed by atoms with Gasteiger partial charge in [-0.2, -0.15) is 0 Å². The molecule has 6 heteroatoms. The van der Waals surface area contributed by atoms with Crippen molar-refractivity contribution in [3.8, 4) is 17.2 Å². The molecule has 0 radical (unpaired) electrons. The number of amides is 1. The average Bonchev–Trinajstić information content (AvgIpc) is 2.44. The highest BCUT2D eigenvalue weighted by Crippen LogP contribution is 2.35. The molecular weight excluding hydrogens is 262 g/mol. The van der Waals surface area contributed by atoms with Gasteiger partial charge in [-0.05, 0) is 0 Å². The molecule has 0 atom stereocenters. The van der Waals surface area contributed by atoms with E-state index in [0.29, 0.717) is 35.9 Å². The van der Waals surface area contributed by atoms with Crippen LogP contribution in [0.2, 0.25) is 0 Å². The van der Waals surface area contributed by atoms with Gasteiger partial charge in [0.05, 0.1) is 26.9 Å². The number of likely N-dealkylation sites (tertiary alicyclic amines) is 1. The zero-order chi connectivity index (χ0) is 14.7. The Morgan fingerprint density at radius 3 is 2.20 bits per heavy atom. The monoisotopic (exact) mass is 281 g/mol. The van der Waals surface area contributed by atoms with Crippen LogP contribution >= 0.6 is 0 Å². The Balaban J connectivity index is 2.28. The molecule has 0 aromatic heterocycles. The Hall–Kier alpha value is -1.95. The van der Waals surface area contributed by atoms with Gasteiger partial charge in [-0.1, -0.05) is 0 Å². The second-order valence-corrected chi connectivity index (χ2v) is 4.67. The number of ether oxygens (including phenoxy) is 3. The van der Waals surface area contributed by atoms with Gasteiger partial charge in [0.15, 0.2) is 11.5 Å². The Kier molecular flexibility index (Phi) is 4.34. The van der Waals surface area contributed by atoms with Crippen molar-refractivity contribution in [2.24, 2.45) is 5.92 Å². The van der Waals surface area contributed by atoms with Crippen LogP contribution in [0.15, 0.2) is 12.1 Å². The fraction of sp³-hybridized carbons (Fsp3) is 0.500. The van der Waals surface area contributed by atoms with Gasteiger partial charge >= 0.3 is 0 Å². The lowest BCUT2D eigenvalue weighted by molar-refractivity contribution is 0.0359. The lowest BCUT2D eigenvalue weighted by Gasteiger charge is -2.38. The zero-order valence-corrected chi connectivity index (χ0v) is 11.9. The van der Waals surface area contributed by atoms with E-state index in [4.69, 9.17) is 19.3 Å². The average molecular weight is 281 g/mol. The Morgan fingerprint density at radius 2 is 1.70 bits per heavy atom. The number of hydrogen-bond donors (Lipinski definition) is 1. The van der Waals surface area contributed by atoms with Crippen LogP contribution in [0, 0.1) is 5.92 Å². The second kappa shape index (κ2) is 6.00. The number of aliphatic hydroxyl groups excluding tert-OH is 1. The molecule has 6 nitrogen and oxygen atoms in total. The van der Waals surface area contributed by atoms with Crippen molar-refractivity contribution in [3.63, 3.8) is 0 Å². The molecule has 1 aromatic carbocycles. The summed E-state index contributed by atoms with van der Waals surface area (Å²) in [5, 5.41) is 9.01. The number of carbonyl (C=O) groups is 1. The fourth-order valence-corrected chi connectivity index (χ4v) is 2.22. The molecule has 1 fully saturated rings. The summed E-state index contributed by atoms with van der Waals surface area (Å²) in [6, 6.07) is 3.25. The molecule has 0 unspecified atom stereocenters. The lowest BCUT2D eigenvalue weighted by atomic mass is 9.99. The number of carbonyl (C=O) groups excluding carboxylic acids is 1. The maximum Gasteiger partial charge on any atom is 0.257 e. The topological polar surface area (TPSA) is 68.2 Å². The molecule has 20 heavy (non-hydrogen) atoms. The number of aliphatic hydroxyl groups is 1. The van der Waals surface area contributed by atoms with Crippen LogP contribution in [0.5, 0.6) is 17.2 Å². The van der Waals surface area contributed by atoms with E-state index in [1.54, 1.807) is 17.0 Å². The predicted molar refractivity (Wildman–Crippen MR) is 72.6 cm³/mol. The van der Waals surface area contributed by atoms with E-state index in [-0.39, 0.29) is 18.4 Å². The van der Waals surface area contributed by atoms with Crippen molar-refractivity contribution in [3.05, 3.63) is 17.7 Å². The summed E-state index contributed by atoms with van der Waals surface area (Å²) in [5.41, 5.74) is 0.432. The first-order valence-electron chi connectivity index (χ1n) is 6.34. The minimum atomic E-state index is -0.132. The lowest BCUT2D eigenvalue weighted by Crippen LogP contribution is -2.51. The summed E-state index contributed by atoms with van der Waals surface area (Å²) >= 11 is 0. The largest absolute Gasteiger partial charge is 0.496 e. The number of methoxy groups -OCH3 is 3. The first kappa shape index (κ1) is 14.5. The Labute approximate surface area is 117 Å². The SMILES string of the molecule is COc1cc(OC)c(C(=O)N2CC(CO)C2)cc1OC. The summed E-state index contributed by atoms with van der Waals surface area (Å²) < 4.78 is 15.6. The van der Waals surface area contributed by atoms with Gasteiger partial charge < -0.3 is 24.2 Å². The molecule has 1 N–H and O–H groups in total. The zero-order valence-electron chi connectivity index (χ0n) is 11.9. The van der Waals surface area contributed by atoms with Crippen LogP contribution in [0.1, 0.15) is 10.4 Å². The van der Waals surface area contributed by atoms with Crippen molar-refractivity contribution in [1.82, 2.24) is 4.90 Å². The van der Waals surface area contributed by atoms with E-state index in [1.165, 1.54) is 21.3 Å². The Bertz CT molecular complexity index is 497. The molecule has 2 rings (SSSR count). The molecule has 1 amide bonds. The van der Waals surface area contributed by atoms with Gasteiger partial charge in [0, 0.05) is 37.7 Å². The van der Waals surface area contributed by atoms with E-state index >= 15 is 0 Å². The van der Waals surface area contributed by atoms with Crippen LogP contribution < -0.4 is 14.2 Å². The first-order valence-corrected chi connectivity index (χ1v) is 6.34. The molecule has 1 aliphatic rings. The summed E-state index contributed by atoms with van der Waals surface area (Å²) in [6.45, 7) is 1.23. The quantitative estimate of drug-likeness (QED) is 0.863. The van der Waals surface area contributed by atoms with Crippen molar-refractivity contribution < 1.29 is 24.1 Å². The summed E-state index contributed by atoms with van der Waals surface area (Å²) in [6.07, 6.45) is 0. The van der Waals surface area contributed by atoms with Gasteiger partial charge in [0.25, 0.3) is 5.91 Å². The van der Waals surface area contributed by atoms with Gasteiger partial charge in [-0.3, -0.25) is 4.79 Å². The molecular formula is C14H19NO5. The summed E-state index contributed by atoms with van der Waals surface area (Å²) in [4.78, 5) is 14.1. The van der Waals surface area contributed by atoms with E-state index in [0.717, 1.165) is 0 Å². The van der Waals surface area contributed by atoms with Crippen molar-refractivity contribution in [2.75, 3.05) is 41.0 Å². The molecule has 0 saturated carbocycles. The summed E-state index contributed by atoms with van der Waals surface area (Å²) in [5.74, 6) is 1.48. The fourth-order valence-electron chi connectivity index (χ4n) is 2.22. The molecule has 110 valence electrons. The van der Waals surface area contributed by atoms with Crippen molar-refractivity contribution in [1.29, 1.82) is 0 Å². The summed E-state index contributed by atoms with van der Waals surface area (Å²) in [7, 11) is 4.55. The van der Waals surface area contributed by atoms with Crippen molar-refractivity contribution >= 4 is 5.91 Å². The highest BCUT2D eigenvalue weighted by Gasteiger charge is 2.32. The number of rotatable bonds is 5. The molecule has 0 bridgehead atoms. The number of benzene rings is 1. The minimum Gasteiger partial charge on any atom is -0.496 e. The maximum atomic E-state index is 12.4. The Morgan fingerprint density at radius 1 is 1.15 bits per heavy atom. The van der Waals surface area contributed by atoms with Crippen LogP contribution in [-0.2, 0) is 0 Å². The second-order valence-electron chi connectivity index (χ2n) is 4.67. The first-order chi connectivity index (χ1) is 9.64. The van der Waals surface area contributed by atoms with Crippen LogP contribution in [0.4, 0.5) is 0 Å². The molecule has 1 aromatic rings. The predicted octanol–water partition coefficient (Wildman–Crippen LogP) is 0.777. The number of nitrogens with zero attached hydrogens (tertiary/aromatic N) is 1. The van der Waals surface area contributed by atoms with Crippen LogP contribution in [-0.4, -0.2) is 56.9 Å². The maximum absolute atomic E-state index is 12.4. The van der Waals surface area contributed by atoms with Crippen LogP contribution in [0.3, 0.4) is 0 Å². The standard InChI is InChI=1S/C14H19NO5/c1-18-11-5-13(20-3)12(19-2)4-10(11)14(17)15-6-9(7-15)8-16/h4-5,9,16H,6-8H2,1-3H3. The molecule has 1 heterocycles. The number of hydrogen-bond acceptors (Lipinski definition) is 5. The van der Waals surface area contributed by atoms with E-state index in [9.17, 15) is 4.79 Å². The third kappa shape index (κ3) is 2.51.